The Bertz CT molecular complexity index is 1140. The van der Waals surface area contributed by atoms with Crippen LogP contribution in [0, 0.1) is 5.92 Å². The molecule has 4 rings (SSSR count). The number of fused-ring (bicyclic) bond motifs is 1. The van der Waals surface area contributed by atoms with Gasteiger partial charge in [0.25, 0.3) is 5.91 Å². The van der Waals surface area contributed by atoms with Gasteiger partial charge in [0, 0.05) is 43.4 Å². The number of ether oxygens (including phenoxy) is 1. The summed E-state index contributed by atoms with van der Waals surface area (Å²) in [5.41, 5.74) is 1.22. The highest BCUT2D eigenvalue weighted by Gasteiger charge is 2.23. The van der Waals surface area contributed by atoms with Crippen molar-refractivity contribution in [3.05, 3.63) is 42.2 Å². The zero-order valence-electron chi connectivity index (χ0n) is 19.1. The molecule has 0 atom stereocenters. The highest BCUT2D eigenvalue weighted by Crippen LogP contribution is 2.33. The topological polar surface area (TPSA) is 105 Å². The van der Waals surface area contributed by atoms with Crippen molar-refractivity contribution in [2.75, 3.05) is 12.4 Å². The van der Waals surface area contributed by atoms with Gasteiger partial charge in [-0.2, -0.15) is 0 Å². The fourth-order valence-corrected chi connectivity index (χ4v) is 4.79. The van der Waals surface area contributed by atoms with Gasteiger partial charge in [-0.15, -0.1) is 0 Å². The van der Waals surface area contributed by atoms with Crippen LogP contribution in [0.2, 0.25) is 0 Å². The van der Waals surface area contributed by atoms with Crippen LogP contribution < -0.4 is 20.7 Å². The van der Waals surface area contributed by atoms with Crippen LogP contribution in [-0.2, 0) is 4.79 Å². The summed E-state index contributed by atoms with van der Waals surface area (Å²) in [7, 11) is 1.57. The van der Waals surface area contributed by atoms with Crippen LogP contribution in [0.25, 0.3) is 10.2 Å². The van der Waals surface area contributed by atoms with Crippen LogP contribution in [0.1, 0.15) is 50.0 Å². The number of anilines is 1. The molecule has 2 heterocycles. The van der Waals surface area contributed by atoms with Crippen molar-refractivity contribution in [3.63, 3.8) is 0 Å². The highest BCUT2D eigenvalue weighted by molar-refractivity contribution is 7.22. The lowest BCUT2D eigenvalue weighted by molar-refractivity contribution is -0.124. The number of amides is 2. The Labute approximate surface area is 197 Å². The van der Waals surface area contributed by atoms with Crippen molar-refractivity contribution >= 4 is 38.5 Å². The fourth-order valence-electron chi connectivity index (χ4n) is 3.82. The van der Waals surface area contributed by atoms with Gasteiger partial charge in [-0.05, 0) is 43.9 Å². The number of thiazole rings is 1. The Morgan fingerprint density at radius 2 is 1.79 bits per heavy atom. The monoisotopic (exact) mass is 467 g/mol. The molecular weight excluding hydrogens is 438 g/mol. The number of carbonyl (C=O) groups is 2. The molecule has 1 aliphatic rings. The Balaban J connectivity index is 1.37. The smallest absolute Gasteiger partial charge is 0.269 e. The second-order valence-corrected chi connectivity index (χ2v) is 9.59. The zero-order valence-corrected chi connectivity index (χ0v) is 19.9. The van der Waals surface area contributed by atoms with E-state index < -0.39 is 0 Å². The minimum atomic E-state index is -0.259. The van der Waals surface area contributed by atoms with Crippen molar-refractivity contribution in [1.82, 2.24) is 20.6 Å². The molecule has 1 fully saturated rings. The molecule has 33 heavy (non-hydrogen) atoms. The number of carbonyl (C=O) groups excluding carboxylic acids is 2. The van der Waals surface area contributed by atoms with E-state index in [-0.39, 0.29) is 23.8 Å². The van der Waals surface area contributed by atoms with Crippen LogP contribution in [0.3, 0.4) is 0 Å². The molecule has 8 nitrogen and oxygen atoms in total. The molecule has 1 aromatic carbocycles. The molecule has 3 aromatic rings. The first-order chi connectivity index (χ1) is 15.9. The summed E-state index contributed by atoms with van der Waals surface area (Å²) in [5.74, 6) is 1.12. The number of benzene rings is 1. The summed E-state index contributed by atoms with van der Waals surface area (Å²) in [6.07, 6.45) is 5.51. The molecule has 0 saturated heterocycles. The maximum Gasteiger partial charge on any atom is 0.269 e. The third kappa shape index (κ3) is 5.78. The lowest BCUT2D eigenvalue weighted by Crippen LogP contribution is -2.41. The Morgan fingerprint density at radius 1 is 1.06 bits per heavy atom. The van der Waals surface area contributed by atoms with E-state index in [0.29, 0.717) is 23.2 Å². The van der Waals surface area contributed by atoms with E-state index in [0.717, 1.165) is 41.0 Å². The Morgan fingerprint density at radius 3 is 2.52 bits per heavy atom. The van der Waals surface area contributed by atoms with Crippen molar-refractivity contribution in [3.8, 4) is 11.5 Å². The molecule has 2 amide bonds. The molecule has 1 saturated carbocycles. The summed E-state index contributed by atoms with van der Waals surface area (Å²) in [4.78, 5) is 32.5. The summed E-state index contributed by atoms with van der Waals surface area (Å²) >= 11 is 1.59. The normalized spacial score (nSPS) is 18.2. The Kier molecular flexibility index (Phi) is 7.08. The second-order valence-electron chi connectivity index (χ2n) is 8.56. The van der Waals surface area contributed by atoms with Gasteiger partial charge in [0.1, 0.15) is 17.2 Å². The maximum absolute atomic E-state index is 11.9. The molecule has 0 unspecified atom stereocenters. The van der Waals surface area contributed by atoms with Gasteiger partial charge >= 0.3 is 0 Å². The van der Waals surface area contributed by atoms with Crippen molar-refractivity contribution in [2.24, 2.45) is 5.92 Å². The van der Waals surface area contributed by atoms with Gasteiger partial charge in [-0.1, -0.05) is 25.2 Å². The molecule has 0 bridgehead atoms. The lowest BCUT2D eigenvalue weighted by Gasteiger charge is -2.30. The first-order valence-corrected chi connectivity index (χ1v) is 12.1. The van der Waals surface area contributed by atoms with E-state index in [9.17, 15) is 9.59 Å². The van der Waals surface area contributed by atoms with E-state index >= 15 is 0 Å². The molecule has 3 N–H and O–H groups in total. The average Bonchev–Trinajstić information content (AvgIpc) is 3.21. The summed E-state index contributed by atoms with van der Waals surface area (Å²) < 4.78 is 6.97. The zero-order chi connectivity index (χ0) is 23.4. The van der Waals surface area contributed by atoms with Crippen molar-refractivity contribution in [1.29, 1.82) is 0 Å². The molecule has 2 aromatic heterocycles. The van der Waals surface area contributed by atoms with Crippen molar-refractivity contribution < 1.29 is 14.3 Å². The standard InChI is InChI=1S/C24H29N5O3S/c1-14(2)22(30)27-15-4-6-16(7-5-15)28-24-29-19-9-8-17(13-21(19)33-24)32-18-10-11-26-20(12-18)23(31)25-3/h8-16H,4-7H2,1-3H3,(H,25,31)(H,27,30)(H,28,29)/t15-,16-. The van der Waals surface area contributed by atoms with Crippen LogP contribution in [-0.4, -0.2) is 40.9 Å². The van der Waals surface area contributed by atoms with Gasteiger partial charge < -0.3 is 20.7 Å². The highest BCUT2D eigenvalue weighted by atomic mass is 32.1. The van der Waals surface area contributed by atoms with Crippen molar-refractivity contribution in [2.45, 2.75) is 51.6 Å². The molecule has 174 valence electrons. The molecule has 0 radical (unpaired) electrons. The predicted octanol–water partition coefficient (Wildman–Crippen LogP) is 4.34. The SMILES string of the molecule is CNC(=O)c1cc(Oc2ccc3nc(N[C@H]4CC[C@H](NC(=O)C(C)C)CC4)sc3c2)ccn1. The molecular formula is C24H29N5O3S. The van der Waals surface area contributed by atoms with E-state index in [1.165, 1.54) is 0 Å². The number of hydrogen-bond acceptors (Lipinski definition) is 7. The van der Waals surface area contributed by atoms with Gasteiger partial charge in [-0.3, -0.25) is 14.6 Å². The van der Waals surface area contributed by atoms with Gasteiger partial charge in [0.15, 0.2) is 5.13 Å². The number of nitrogens with zero attached hydrogens (tertiary/aromatic N) is 2. The van der Waals surface area contributed by atoms with E-state index in [2.05, 4.69) is 20.9 Å². The molecule has 1 aliphatic carbocycles. The summed E-state index contributed by atoms with van der Waals surface area (Å²) in [6, 6.07) is 9.72. The third-order valence-corrected chi connectivity index (χ3v) is 6.66. The molecule has 9 heteroatoms. The van der Waals surface area contributed by atoms with E-state index in [1.54, 1.807) is 36.7 Å². The number of rotatable bonds is 7. The Hall–Kier alpha value is -3.20. The van der Waals surface area contributed by atoms with E-state index in [4.69, 9.17) is 9.72 Å². The van der Waals surface area contributed by atoms with E-state index in [1.807, 2.05) is 32.0 Å². The fraction of sp³-hybridized carbons (Fsp3) is 0.417. The van der Waals surface area contributed by atoms with Gasteiger partial charge in [-0.25, -0.2) is 4.98 Å². The number of hydrogen-bond donors (Lipinski definition) is 3. The average molecular weight is 468 g/mol. The van der Waals surface area contributed by atoms with Crippen LogP contribution >= 0.6 is 11.3 Å². The number of nitrogens with one attached hydrogen (secondary N) is 3. The van der Waals surface area contributed by atoms with Gasteiger partial charge in [0.05, 0.1) is 10.2 Å². The summed E-state index contributed by atoms with van der Waals surface area (Å²) in [5, 5.41) is 10.2. The number of pyridine rings is 1. The minimum Gasteiger partial charge on any atom is -0.457 e. The predicted molar refractivity (Wildman–Crippen MR) is 130 cm³/mol. The van der Waals surface area contributed by atoms with Crippen LogP contribution in [0.15, 0.2) is 36.5 Å². The molecule has 0 aliphatic heterocycles. The van der Waals surface area contributed by atoms with Crippen LogP contribution in [0.5, 0.6) is 11.5 Å². The first kappa shape index (κ1) is 23.0. The second kappa shape index (κ2) is 10.2. The van der Waals surface area contributed by atoms with Gasteiger partial charge in [0.2, 0.25) is 5.91 Å². The quantitative estimate of drug-likeness (QED) is 0.477. The largest absolute Gasteiger partial charge is 0.457 e. The maximum atomic E-state index is 11.9. The molecule has 0 spiro atoms. The lowest BCUT2D eigenvalue weighted by atomic mass is 9.91. The summed E-state index contributed by atoms with van der Waals surface area (Å²) in [6.45, 7) is 3.84. The first-order valence-electron chi connectivity index (χ1n) is 11.2. The number of aromatic nitrogens is 2. The minimum absolute atomic E-state index is 0.0221. The van der Waals surface area contributed by atoms with Crippen LogP contribution in [0.4, 0.5) is 5.13 Å². The third-order valence-electron chi connectivity index (χ3n) is 5.71.